The normalized spacial score (nSPS) is 11.1. The number of aromatic nitrogens is 4. The maximum absolute atomic E-state index is 11.8. The number of rotatable bonds is 4. The highest BCUT2D eigenvalue weighted by Gasteiger charge is 2.13. The number of phenolic OH excluding ortho intramolecular Hbond substituents is 1. The zero-order valence-corrected chi connectivity index (χ0v) is 14.6. The molecule has 0 unspecified atom stereocenters. The first-order valence-corrected chi connectivity index (χ1v) is 8.83. The van der Waals surface area contributed by atoms with Gasteiger partial charge in [0.1, 0.15) is 11.3 Å². The van der Waals surface area contributed by atoms with E-state index >= 15 is 0 Å². The van der Waals surface area contributed by atoms with Crippen LogP contribution in [0, 0.1) is 6.92 Å². The van der Waals surface area contributed by atoms with Crippen LogP contribution in [0.5, 0.6) is 5.75 Å². The van der Waals surface area contributed by atoms with Gasteiger partial charge in [-0.25, -0.2) is 4.79 Å². The number of hydrogen-bond acceptors (Lipinski definition) is 7. The molecule has 4 aromatic rings. The summed E-state index contributed by atoms with van der Waals surface area (Å²) in [5.74, 6) is 0.535. The van der Waals surface area contributed by atoms with Crippen LogP contribution in [0.1, 0.15) is 11.1 Å². The summed E-state index contributed by atoms with van der Waals surface area (Å²) in [4.78, 5) is 11.8. The number of aromatic hydroxyl groups is 1. The molecule has 0 saturated heterocycles. The van der Waals surface area contributed by atoms with Crippen molar-refractivity contribution in [1.29, 1.82) is 0 Å². The molecule has 130 valence electrons. The van der Waals surface area contributed by atoms with Gasteiger partial charge in [0, 0.05) is 23.3 Å². The number of para-hydroxylation sites is 1. The standard InChI is InChI=1S/C18H14N4O3S/c1-11-4-2-3-5-15(11)22-18(19-20-21-22)26-10-12-8-17(24)25-16-9-13(23)6-7-14(12)16/h2-9,23H,10H2,1H3. The van der Waals surface area contributed by atoms with E-state index in [1.165, 1.54) is 23.9 Å². The molecule has 26 heavy (non-hydrogen) atoms. The van der Waals surface area contributed by atoms with E-state index in [9.17, 15) is 9.90 Å². The van der Waals surface area contributed by atoms with Crippen LogP contribution < -0.4 is 5.63 Å². The van der Waals surface area contributed by atoms with Crippen LogP contribution in [0.25, 0.3) is 16.7 Å². The van der Waals surface area contributed by atoms with E-state index in [1.807, 2.05) is 31.2 Å². The van der Waals surface area contributed by atoms with Gasteiger partial charge in [-0.15, -0.1) is 5.10 Å². The summed E-state index contributed by atoms with van der Waals surface area (Å²) in [5, 5.41) is 22.9. The molecule has 0 atom stereocenters. The van der Waals surface area contributed by atoms with Crippen molar-refractivity contribution in [3.63, 3.8) is 0 Å². The molecule has 2 heterocycles. The van der Waals surface area contributed by atoms with E-state index in [0.29, 0.717) is 16.5 Å². The largest absolute Gasteiger partial charge is 0.508 e. The summed E-state index contributed by atoms with van der Waals surface area (Å²) in [6.45, 7) is 1.99. The lowest BCUT2D eigenvalue weighted by molar-refractivity contribution is 0.473. The zero-order valence-electron chi connectivity index (χ0n) is 13.8. The molecular formula is C18H14N4O3S. The molecule has 0 aliphatic carbocycles. The van der Waals surface area contributed by atoms with Crippen molar-refractivity contribution in [3.8, 4) is 11.4 Å². The van der Waals surface area contributed by atoms with Gasteiger partial charge in [0.15, 0.2) is 0 Å². The third-order valence-corrected chi connectivity index (χ3v) is 4.92. The Bertz CT molecular complexity index is 1150. The molecule has 0 bridgehead atoms. The topological polar surface area (TPSA) is 94.0 Å². The Morgan fingerprint density at radius 2 is 2.04 bits per heavy atom. The molecule has 4 rings (SSSR count). The van der Waals surface area contributed by atoms with Crippen LogP contribution in [0.4, 0.5) is 0 Å². The van der Waals surface area contributed by atoms with Gasteiger partial charge in [0.25, 0.3) is 0 Å². The average Bonchev–Trinajstić information content (AvgIpc) is 3.08. The summed E-state index contributed by atoms with van der Waals surface area (Å²) in [6.07, 6.45) is 0. The van der Waals surface area contributed by atoms with Gasteiger partial charge in [0.2, 0.25) is 5.16 Å². The van der Waals surface area contributed by atoms with Crippen molar-refractivity contribution in [2.24, 2.45) is 0 Å². The lowest BCUT2D eigenvalue weighted by Crippen LogP contribution is -2.02. The first-order chi connectivity index (χ1) is 12.6. The summed E-state index contributed by atoms with van der Waals surface area (Å²) in [7, 11) is 0. The molecule has 0 aliphatic heterocycles. The summed E-state index contributed by atoms with van der Waals surface area (Å²) in [6, 6.07) is 14.0. The van der Waals surface area contributed by atoms with Crippen molar-refractivity contribution in [2.75, 3.05) is 0 Å². The van der Waals surface area contributed by atoms with Gasteiger partial charge >= 0.3 is 5.63 Å². The Labute approximate surface area is 152 Å². The lowest BCUT2D eigenvalue weighted by Gasteiger charge is -2.08. The van der Waals surface area contributed by atoms with Crippen molar-refractivity contribution in [1.82, 2.24) is 20.2 Å². The Morgan fingerprint density at radius 3 is 2.88 bits per heavy atom. The monoisotopic (exact) mass is 366 g/mol. The first kappa shape index (κ1) is 16.3. The SMILES string of the molecule is Cc1ccccc1-n1nnnc1SCc1cc(=O)oc2cc(O)ccc12. The van der Waals surface area contributed by atoms with E-state index in [4.69, 9.17) is 4.42 Å². The Kier molecular flexibility index (Phi) is 4.18. The van der Waals surface area contributed by atoms with Crippen LogP contribution in [0.2, 0.25) is 0 Å². The fourth-order valence-electron chi connectivity index (χ4n) is 2.70. The number of thioether (sulfide) groups is 1. The molecule has 2 aromatic carbocycles. The molecular weight excluding hydrogens is 352 g/mol. The fourth-order valence-corrected chi connectivity index (χ4v) is 3.58. The van der Waals surface area contributed by atoms with Gasteiger partial charge in [-0.1, -0.05) is 30.0 Å². The highest BCUT2D eigenvalue weighted by Crippen LogP contribution is 2.28. The Hall–Kier alpha value is -3.13. The lowest BCUT2D eigenvalue weighted by atomic mass is 10.1. The minimum Gasteiger partial charge on any atom is -0.508 e. The fraction of sp³-hybridized carbons (Fsp3) is 0.111. The molecule has 1 N–H and O–H groups in total. The van der Waals surface area contributed by atoms with Crippen LogP contribution in [-0.4, -0.2) is 25.3 Å². The molecule has 7 nitrogen and oxygen atoms in total. The number of tetrazole rings is 1. The minimum absolute atomic E-state index is 0.0500. The molecule has 0 fully saturated rings. The Morgan fingerprint density at radius 1 is 1.19 bits per heavy atom. The second-order valence-electron chi connectivity index (χ2n) is 5.72. The van der Waals surface area contributed by atoms with Crippen LogP contribution in [0.3, 0.4) is 0 Å². The minimum atomic E-state index is -0.461. The number of phenols is 1. The van der Waals surface area contributed by atoms with Gasteiger partial charge < -0.3 is 9.52 Å². The number of fused-ring (bicyclic) bond motifs is 1. The third kappa shape index (κ3) is 3.06. The summed E-state index contributed by atoms with van der Waals surface area (Å²) in [5.41, 5.74) is 2.65. The highest BCUT2D eigenvalue weighted by molar-refractivity contribution is 7.98. The predicted molar refractivity (Wildman–Crippen MR) is 97.6 cm³/mol. The third-order valence-electron chi connectivity index (χ3n) is 3.96. The van der Waals surface area contributed by atoms with E-state index in [2.05, 4.69) is 15.5 Å². The second kappa shape index (κ2) is 6.64. The zero-order chi connectivity index (χ0) is 18.1. The molecule has 0 radical (unpaired) electrons. The highest BCUT2D eigenvalue weighted by atomic mass is 32.2. The maximum atomic E-state index is 11.8. The number of aryl methyl sites for hydroxylation is 1. The van der Waals surface area contributed by atoms with Crippen molar-refractivity contribution < 1.29 is 9.52 Å². The number of nitrogens with zero attached hydrogens (tertiary/aromatic N) is 4. The predicted octanol–water partition coefficient (Wildman–Crippen LogP) is 3.08. The second-order valence-corrected chi connectivity index (χ2v) is 6.66. The Balaban J connectivity index is 1.68. The van der Waals surface area contributed by atoms with Crippen molar-refractivity contribution >= 4 is 22.7 Å². The molecule has 0 aliphatic rings. The van der Waals surface area contributed by atoms with E-state index in [-0.39, 0.29) is 5.75 Å². The van der Waals surface area contributed by atoms with Gasteiger partial charge in [-0.3, -0.25) is 0 Å². The number of benzene rings is 2. The smallest absolute Gasteiger partial charge is 0.336 e. The van der Waals surface area contributed by atoms with Crippen LogP contribution >= 0.6 is 11.8 Å². The molecule has 2 aromatic heterocycles. The van der Waals surface area contributed by atoms with Crippen molar-refractivity contribution in [3.05, 3.63) is 70.1 Å². The van der Waals surface area contributed by atoms with Gasteiger partial charge in [-0.2, -0.15) is 4.68 Å². The number of hydrogen-bond donors (Lipinski definition) is 1. The first-order valence-electron chi connectivity index (χ1n) is 7.85. The van der Waals surface area contributed by atoms with Crippen molar-refractivity contribution in [2.45, 2.75) is 17.8 Å². The van der Waals surface area contributed by atoms with Gasteiger partial charge in [0.05, 0.1) is 5.69 Å². The molecule has 0 amide bonds. The molecule has 0 saturated carbocycles. The quantitative estimate of drug-likeness (QED) is 0.438. The maximum Gasteiger partial charge on any atom is 0.336 e. The molecule has 0 spiro atoms. The summed E-state index contributed by atoms with van der Waals surface area (Å²) >= 11 is 1.42. The van der Waals surface area contributed by atoms with E-state index < -0.39 is 5.63 Å². The van der Waals surface area contributed by atoms with Gasteiger partial charge in [-0.05, 0) is 46.7 Å². The molecule has 8 heteroatoms. The van der Waals surface area contributed by atoms with E-state index in [0.717, 1.165) is 22.2 Å². The van der Waals surface area contributed by atoms with Crippen LogP contribution in [0.15, 0.2) is 62.9 Å². The van der Waals surface area contributed by atoms with E-state index in [1.54, 1.807) is 16.8 Å². The average molecular weight is 366 g/mol. The van der Waals surface area contributed by atoms with Crippen LogP contribution in [-0.2, 0) is 5.75 Å². The summed E-state index contributed by atoms with van der Waals surface area (Å²) < 4.78 is 6.84.